The molecule has 1 aromatic carbocycles. The van der Waals surface area contributed by atoms with Crippen LogP contribution in [-0.2, 0) is 12.8 Å². The number of ketones is 1. The molecule has 0 N–H and O–H groups in total. The zero-order chi connectivity index (χ0) is 20.3. The lowest BCUT2D eigenvalue weighted by atomic mass is 9.84. The molecule has 1 fully saturated rings. The summed E-state index contributed by atoms with van der Waals surface area (Å²) in [7, 11) is 0. The number of carbonyl (C=O) groups excluding carboxylic acids is 1. The Morgan fingerprint density at radius 3 is 2.79 bits per heavy atom. The highest BCUT2D eigenvalue weighted by Crippen LogP contribution is 2.48. The Morgan fingerprint density at radius 2 is 2.10 bits per heavy atom. The van der Waals surface area contributed by atoms with Gasteiger partial charge >= 0.3 is 0 Å². The summed E-state index contributed by atoms with van der Waals surface area (Å²) in [4.78, 5) is 24.7. The first-order chi connectivity index (χ1) is 13.9. The summed E-state index contributed by atoms with van der Waals surface area (Å²) in [6, 6.07) is 3.96. The van der Waals surface area contributed by atoms with Crippen LogP contribution >= 0.6 is 0 Å². The number of hydrogen-bond acceptors (Lipinski definition) is 4. The first kappa shape index (κ1) is 18.5. The van der Waals surface area contributed by atoms with Crippen molar-refractivity contribution in [2.45, 2.75) is 52.5 Å². The molecule has 0 spiro atoms. The molecule has 29 heavy (non-hydrogen) atoms. The monoisotopic (exact) mass is 393 g/mol. The van der Waals surface area contributed by atoms with Crippen molar-refractivity contribution in [1.29, 1.82) is 0 Å². The van der Waals surface area contributed by atoms with Crippen molar-refractivity contribution in [3.8, 4) is 22.8 Å². The molecule has 3 aliphatic rings. The average Bonchev–Trinajstić information content (AvgIpc) is 3.38. The molecule has 1 aromatic heterocycles. The lowest BCUT2D eigenvalue weighted by Gasteiger charge is -2.34. The summed E-state index contributed by atoms with van der Waals surface area (Å²) >= 11 is 0. The summed E-state index contributed by atoms with van der Waals surface area (Å²) in [5.41, 5.74) is 4.41. The first-order valence-corrected chi connectivity index (χ1v) is 10.7. The van der Waals surface area contributed by atoms with Gasteiger partial charge in [0.25, 0.3) is 0 Å². The molecule has 1 unspecified atom stereocenters. The molecule has 0 radical (unpaired) electrons. The number of Topliss-reactive ketones (excluding diaryl/α,β-unsaturated/α-hetero) is 1. The SMILES string of the molecule is CC(=O)c1cn2c(cc1=O)-c1c(cc(OCC3CC3)c3c1CCO3)CC2C(C)C. The van der Waals surface area contributed by atoms with Crippen LogP contribution in [0.4, 0.5) is 0 Å². The number of rotatable bonds is 5. The second-order valence-electron chi connectivity index (χ2n) is 8.98. The molecule has 5 heteroatoms. The second-order valence-corrected chi connectivity index (χ2v) is 8.98. The van der Waals surface area contributed by atoms with Crippen molar-refractivity contribution >= 4 is 5.78 Å². The summed E-state index contributed by atoms with van der Waals surface area (Å²) < 4.78 is 14.3. The maximum atomic E-state index is 12.7. The van der Waals surface area contributed by atoms with Crippen LogP contribution in [0.3, 0.4) is 0 Å². The number of aromatic nitrogens is 1. The van der Waals surface area contributed by atoms with Crippen molar-refractivity contribution in [3.05, 3.63) is 45.2 Å². The normalized spacial score (nSPS) is 19.4. The van der Waals surface area contributed by atoms with Crippen LogP contribution in [0.25, 0.3) is 11.3 Å². The number of fused-ring (bicyclic) bond motifs is 5. The van der Waals surface area contributed by atoms with Gasteiger partial charge in [0.2, 0.25) is 0 Å². The molecular weight excluding hydrogens is 366 g/mol. The molecule has 3 heterocycles. The molecule has 5 rings (SSSR count). The fourth-order valence-electron chi connectivity index (χ4n) is 4.65. The Morgan fingerprint density at radius 1 is 1.31 bits per heavy atom. The number of carbonyl (C=O) groups is 1. The Hall–Kier alpha value is -2.56. The quantitative estimate of drug-likeness (QED) is 0.715. The summed E-state index contributed by atoms with van der Waals surface area (Å²) in [6.45, 7) is 7.22. The topological polar surface area (TPSA) is 57.5 Å². The maximum Gasteiger partial charge on any atom is 0.192 e. The molecule has 152 valence electrons. The Kier molecular flexibility index (Phi) is 4.30. The number of hydrogen-bond donors (Lipinski definition) is 0. The largest absolute Gasteiger partial charge is 0.489 e. The van der Waals surface area contributed by atoms with Gasteiger partial charge in [-0.1, -0.05) is 13.8 Å². The van der Waals surface area contributed by atoms with Gasteiger partial charge < -0.3 is 14.0 Å². The zero-order valence-electron chi connectivity index (χ0n) is 17.3. The van der Waals surface area contributed by atoms with Gasteiger partial charge in [-0.15, -0.1) is 0 Å². The minimum Gasteiger partial charge on any atom is -0.489 e. The van der Waals surface area contributed by atoms with Crippen molar-refractivity contribution in [3.63, 3.8) is 0 Å². The highest BCUT2D eigenvalue weighted by molar-refractivity contribution is 5.94. The first-order valence-electron chi connectivity index (χ1n) is 10.7. The van der Waals surface area contributed by atoms with E-state index in [2.05, 4.69) is 24.5 Å². The van der Waals surface area contributed by atoms with Gasteiger partial charge in [0, 0.05) is 35.9 Å². The third kappa shape index (κ3) is 3.07. The van der Waals surface area contributed by atoms with Gasteiger partial charge in [0.15, 0.2) is 22.7 Å². The fourth-order valence-corrected chi connectivity index (χ4v) is 4.65. The molecule has 0 saturated heterocycles. The van der Waals surface area contributed by atoms with Crippen LogP contribution in [0.2, 0.25) is 0 Å². The molecular formula is C24H27NO4. The van der Waals surface area contributed by atoms with Crippen molar-refractivity contribution in [2.24, 2.45) is 11.8 Å². The fraction of sp³-hybridized carbons (Fsp3) is 0.500. The third-order valence-electron chi connectivity index (χ3n) is 6.47. The maximum absolute atomic E-state index is 12.7. The lowest BCUT2D eigenvalue weighted by Crippen LogP contribution is -2.28. The van der Waals surface area contributed by atoms with Gasteiger partial charge in [-0.3, -0.25) is 9.59 Å². The van der Waals surface area contributed by atoms with Crippen molar-refractivity contribution in [1.82, 2.24) is 4.57 Å². The zero-order valence-corrected chi connectivity index (χ0v) is 17.3. The third-order valence-corrected chi connectivity index (χ3v) is 6.47. The molecule has 1 saturated carbocycles. The highest BCUT2D eigenvalue weighted by atomic mass is 16.5. The average molecular weight is 393 g/mol. The molecule has 5 nitrogen and oxygen atoms in total. The van der Waals surface area contributed by atoms with E-state index in [1.807, 2.05) is 0 Å². The van der Waals surface area contributed by atoms with E-state index >= 15 is 0 Å². The van der Waals surface area contributed by atoms with Crippen LogP contribution in [-0.4, -0.2) is 23.6 Å². The lowest BCUT2D eigenvalue weighted by molar-refractivity contribution is 0.101. The van der Waals surface area contributed by atoms with E-state index in [1.165, 1.54) is 25.3 Å². The second kappa shape index (κ2) is 6.75. The van der Waals surface area contributed by atoms with Crippen LogP contribution < -0.4 is 14.9 Å². The number of pyridine rings is 1. The minimum atomic E-state index is -0.208. The molecule has 2 aliphatic heterocycles. The van der Waals surface area contributed by atoms with Crippen LogP contribution in [0, 0.1) is 11.8 Å². The van der Waals surface area contributed by atoms with Crippen LogP contribution in [0.5, 0.6) is 11.5 Å². The highest BCUT2D eigenvalue weighted by Gasteiger charge is 2.34. The summed E-state index contributed by atoms with van der Waals surface area (Å²) in [5.74, 6) is 2.54. The van der Waals surface area contributed by atoms with E-state index in [1.54, 1.807) is 12.3 Å². The predicted octanol–water partition coefficient (Wildman–Crippen LogP) is 4.19. The van der Waals surface area contributed by atoms with Gasteiger partial charge in [0.1, 0.15) is 0 Å². The Labute approximate surface area is 170 Å². The minimum absolute atomic E-state index is 0.184. The van der Waals surface area contributed by atoms with Crippen molar-refractivity contribution in [2.75, 3.05) is 13.2 Å². The van der Waals surface area contributed by atoms with Crippen LogP contribution in [0.15, 0.2) is 23.1 Å². The summed E-state index contributed by atoms with van der Waals surface area (Å²) in [5, 5.41) is 0. The summed E-state index contributed by atoms with van der Waals surface area (Å²) in [6.07, 6.45) is 5.93. The standard InChI is InChI=1S/C24H27NO4/c1-13(2)19-8-16-9-22(29-12-15-4-5-15)24-17(6-7-28-24)23(16)20-10-21(27)18(14(3)26)11-25(19)20/h9-11,13,15,19H,4-8,12H2,1-3H3. The van der Waals surface area contributed by atoms with Crippen LogP contribution in [0.1, 0.15) is 61.1 Å². The van der Waals surface area contributed by atoms with E-state index in [0.717, 1.165) is 47.8 Å². The predicted molar refractivity (Wildman–Crippen MR) is 111 cm³/mol. The smallest absolute Gasteiger partial charge is 0.192 e. The van der Waals surface area contributed by atoms with E-state index < -0.39 is 0 Å². The van der Waals surface area contributed by atoms with Gasteiger partial charge in [-0.2, -0.15) is 0 Å². The molecule has 0 amide bonds. The Balaban J connectivity index is 1.70. The molecule has 1 aliphatic carbocycles. The number of nitrogens with zero attached hydrogens (tertiary/aromatic N) is 1. The Bertz CT molecular complexity index is 1060. The molecule has 0 bridgehead atoms. The van der Waals surface area contributed by atoms with E-state index in [4.69, 9.17) is 9.47 Å². The van der Waals surface area contributed by atoms with Gasteiger partial charge in [-0.05, 0) is 49.7 Å². The molecule has 1 atom stereocenters. The van der Waals surface area contributed by atoms with E-state index in [-0.39, 0.29) is 22.8 Å². The van der Waals surface area contributed by atoms with E-state index in [9.17, 15) is 9.59 Å². The number of ether oxygens (including phenoxy) is 2. The number of benzene rings is 1. The molecule has 2 aromatic rings. The van der Waals surface area contributed by atoms with E-state index in [0.29, 0.717) is 18.4 Å². The van der Waals surface area contributed by atoms with Crippen molar-refractivity contribution < 1.29 is 14.3 Å². The van der Waals surface area contributed by atoms with Gasteiger partial charge in [0.05, 0.1) is 24.5 Å². The van der Waals surface area contributed by atoms with Gasteiger partial charge in [-0.25, -0.2) is 0 Å².